The lowest BCUT2D eigenvalue weighted by atomic mass is 9.93. The first-order chi connectivity index (χ1) is 7.81. The van der Waals surface area contributed by atoms with E-state index in [2.05, 4.69) is 12.1 Å². The third-order valence-electron chi connectivity index (χ3n) is 3.57. The summed E-state index contributed by atoms with van der Waals surface area (Å²) in [5.41, 5.74) is 7.85. The number of hydrogen-bond acceptors (Lipinski definition) is 2. The lowest BCUT2D eigenvalue weighted by Gasteiger charge is -2.18. The third-order valence-corrected chi connectivity index (χ3v) is 3.57. The Bertz CT molecular complexity index is 331. The van der Waals surface area contributed by atoms with E-state index in [-0.39, 0.29) is 6.10 Å². The second kappa shape index (κ2) is 5.46. The molecule has 2 nitrogen and oxygen atoms in total. The van der Waals surface area contributed by atoms with Gasteiger partial charge in [0.1, 0.15) is 0 Å². The predicted octanol–water partition coefficient (Wildman–Crippen LogP) is 2.41. The van der Waals surface area contributed by atoms with Gasteiger partial charge < -0.3 is 10.8 Å². The zero-order valence-corrected chi connectivity index (χ0v) is 9.73. The molecule has 3 N–H and O–H groups in total. The maximum Gasteiger partial charge on any atom is 0.0818 e. The maximum atomic E-state index is 10.3. The second-order valence-corrected chi connectivity index (χ2v) is 4.77. The number of hydrogen-bond donors (Lipinski definition) is 2. The van der Waals surface area contributed by atoms with Crippen LogP contribution in [0.4, 0.5) is 0 Å². The van der Waals surface area contributed by atoms with Gasteiger partial charge in [0, 0.05) is 0 Å². The van der Waals surface area contributed by atoms with Gasteiger partial charge in [0.2, 0.25) is 0 Å². The Morgan fingerprint density at radius 1 is 1.31 bits per heavy atom. The molecule has 1 aromatic rings. The summed E-state index contributed by atoms with van der Waals surface area (Å²) in [6, 6.07) is 8.25. The number of benzene rings is 1. The summed E-state index contributed by atoms with van der Waals surface area (Å²) < 4.78 is 0. The molecule has 0 spiro atoms. The number of aliphatic hydroxyl groups excluding tert-OH is 1. The molecule has 1 fully saturated rings. The van der Waals surface area contributed by atoms with Crippen molar-refractivity contribution in [2.75, 3.05) is 6.54 Å². The molecule has 1 atom stereocenters. The minimum Gasteiger partial charge on any atom is -0.388 e. The lowest BCUT2D eigenvalue weighted by Crippen LogP contribution is -2.10. The van der Waals surface area contributed by atoms with Crippen LogP contribution in [0, 0.1) is 5.92 Å². The molecule has 0 aliphatic heterocycles. The Hall–Kier alpha value is -0.860. The highest BCUT2D eigenvalue weighted by Gasteiger charge is 2.24. The Kier molecular flexibility index (Phi) is 3.97. The highest BCUT2D eigenvalue weighted by molar-refractivity contribution is 5.26. The number of rotatable bonds is 4. The van der Waals surface area contributed by atoms with Crippen LogP contribution in [0.25, 0.3) is 0 Å². The largest absolute Gasteiger partial charge is 0.388 e. The molecule has 1 aliphatic rings. The SMILES string of the molecule is NCCc1cccc(C(O)C2CCCC2)c1. The van der Waals surface area contributed by atoms with Gasteiger partial charge in [-0.3, -0.25) is 0 Å². The number of nitrogens with two attached hydrogens (primary N) is 1. The van der Waals surface area contributed by atoms with Crippen molar-refractivity contribution < 1.29 is 5.11 Å². The Morgan fingerprint density at radius 2 is 2.06 bits per heavy atom. The summed E-state index contributed by atoms with van der Waals surface area (Å²) in [4.78, 5) is 0. The topological polar surface area (TPSA) is 46.2 Å². The van der Waals surface area contributed by atoms with Crippen molar-refractivity contribution >= 4 is 0 Å². The fourth-order valence-electron chi connectivity index (χ4n) is 2.64. The summed E-state index contributed by atoms with van der Waals surface area (Å²) in [6.07, 6.45) is 5.49. The van der Waals surface area contributed by atoms with Crippen LogP contribution in [0.3, 0.4) is 0 Å². The van der Waals surface area contributed by atoms with Gasteiger partial charge >= 0.3 is 0 Å². The molecular weight excluding hydrogens is 198 g/mol. The van der Waals surface area contributed by atoms with E-state index in [9.17, 15) is 5.11 Å². The smallest absolute Gasteiger partial charge is 0.0818 e. The Morgan fingerprint density at radius 3 is 2.75 bits per heavy atom. The van der Waals surface area contributed by atoms with E-state index >= 15 is 0 Å². The monoisotopic (exact) mass is 219 g/mol. The van der Waals surface area contributed by atoms with Crippen LogP contribution in [0.2, 0.25) is 0 Å². The minimum absolute atomic E-state index is 0.278. The van der Waals surface area contributed by atoms with E-state index in [0.29, 0.717) is 12.5 Å². The first-order valence-corrected chi connectivity index (χ1v) is 6.28. The first kappa shape index (κ1) is 11.6. The first-order valence-electron chi connectivity index (χ1n) is 6.28. The van der Waals surface area contributed by atoms with Gasteiger partial charge in [0.05, 0.1) is 6.10 Å². The fraction of sp³-hybridized carbons (Fsp3) is 0.571. The third kappa shape index (κ3) is 2.63. The van der Waals surface area contributed by atoms with Gasteiger partial charge in [-0.25, -0.2) is 0 Å². The summed E-state index contributed by atoms with van der Waals surface area (Å²) in [7, 11) is 0. The van der Waals surface area contributed by atoms with Crippen molar-refractivity contribution in [3.05, 3.63) is 35.4 Å². The average Bonchev–Trinajstić information content (AvgIpc) is 2.82. The summed E-state index contributed by atoms with van der Waals surface area (Å²) in [5, 5.41) is 10.3. The van der Waals surface area contributed by atoms with Crippen molar-refractivity contribution in [1.82, 2.24) is 0 Å². The quantitative estimate of drug-likeness (QED) is 0.817. The van der Waals surface area contributed by atoms with Crippen molar-refractivity contribution in [3.8, 4) is 0 Å². The van der Waals surface area contributed by atoms with E-state index in [1.165, 1.54) is 31.2 Å². The lowest BCUT2D eigenvalue weighted by molar-refractivity contribution is 0.111. The van der Waals surface area contributed by atoms with E-state index in [1.807, 2.05) is 12.1 Å². The minimum atomic E-state index is -0.278. The number of aliphatic hydroxyl groups is 1. The molecule has 16 heavy (non-hydrogen) atoms. The highest BCUT2D eigenvalue weighted by atomic mass is 16.3. The van der Waals surface area contributed by atoms with Crippen molar-refractivity contribution in [3.63, 3.8) is 0 Å². The van der Waals surface area contributed by atoms with Crippen LogP contribution in [0.5, 0.6) is 0 Å². The molecule has 1 unspecified atom stereocenters. The van der Waals surface area contributed by atoms with Gasteiger partial charge in [-0.05, 0) is 42.9 Å². The van der Waals surface area contributed by atoms with E-state index in [1.54, 1.807) is 0 Å². The molecule has 0 saturated heterocycles. The molecule has 1 aliphatic carbocycles. The average molecular weight is 219 g/mol. The molecule has 0 bridgehead atoms. The van der Waals surface area contributed by atoms with Gasteiger partial charge in [-0.1, -0.05) is 37.1 Å². The highest BCUT2D eigenvalue weighted by Crippen LogP contribution is 2.35. The van der Waals surface area contributed by atoms with E-state index in [0.717, 1.165) is 12.0 Å². The molecule has 0 heterocycles. The molecule has 0 radical (unpaired) electrons. The van der Waals surface area contributed by atoms with Gasteiger partial charge in [-0.2, -0.15) is 0 Å². The molecule has 2 heteroatoms. The van der Waals surface area contributed by atoms with Crippen LogP contribution in [0.15, 0.2) is 24.3 Å². The molecule has 1 saturated carbocycles. The van der Waals surface area contributed by atoms with Crippen molar-refractivity contribution in [1.29, 1.82) is 0 Å². The summed E-state index contributed by atoms with van der Waals surface area (Å²) in [5.74, 6) is 0.466. The van der Waals surface area contributed by atoms with Crippen LogP contribution in [-0.2, 0) is 6.42 Å². The van der Waals surface area contributed by atoms with E-state index in [4.69, 9.17) is 5.73 Å². The van der Waals surface area contributed by atoms with Crippen molar-refractivity contribution in [2.45, 2.75) is 38.2 Å². The standard InChI is InChI=1S/C14H21NO/c15-9-8-11-4-3-7-13(10-11)14(16)12-5-1-2-6-12/h3-4,7,10,12,14,16H,1-2,5-6,8-9,15H2. The fourth-order valence-corrected chi connectivity index (χ4v) is 2.64. The summed E-state index contributed by atoms with van der Waals surface area (Å²) in [6.45, 7) is 0.670. The zero-order valence-electron chi connectivity index (χ0n) is 9.73. The summed E-state index contributed by atoms with van der Waals surface area (Å²) >= 11 is 0. The van der Waals surface area contributed by atoms with Gasteiger partial charge in [-0.15, -0.1) is 0 Å². The Balaban J connectivity index is 2.09. The van der Waals surface area contributed by atoms with Crippen LogP contribution in [-0.4, -0.2) is 11.7 Å². The maximum absolute atomic E-state index is 10.3. The van der Waals surface area contributed by atoms with Crippen molar-refractivity contribution in [2.24, 2.45) is 11.7 Å². The van der Waals surface area contributed by atoms with Crippen LogP contribution >= 0.6 is 0 Å². The van der Waals surface area contributed by atoms with E-state index < -0.39 is 0 Å². The molecular formula is C14H21NO. The van der Waals surface area contributed by atoms with Crippen LogP contribution < -0.4 is 5.73 Å². The zero-order chi connectivity index (χ0) is 11.4. The second-order valence-electron chi connectivity index (χ2n) is 4.77. The molecule has 1 aromatic carbocycles. The molecule has 2 rings (SSSR count). The van der Waals surface area contributed by atoms with Gasteiger partial charge in [0.25, 0.3) is 0 Å². The normalized spacial score (nSPS) is 18.9. The van der Waals surface area contributed by atoms with Crippen LogP contribution in [0.1, 0.15) is 42.9 Å². The molecule has 88 valence electrons. The van der Waals surface area contributed by atoms with Gasteiger partial charge in [0.15, 0.2) is 0 Å². The Labute approximate surface area is 97.5 Å². The molecule has 0 aromatic heterocycles. The molecule has 0 amide bonds. The predicted molar refractivity (Wildman–Crippen MR) is 66.1 cm³/mol.